The zero-order chi connectivity index (χ0) is 32.0. The summed E-state index contributed by atoms with van der Waals surface area (Å²) in [6.45, 7) is 7.42. The lowest BCUT2D eigenvalue weighted by molar-refractivity contribution is -0.156. The fraction of sp³-hybridized carbons (Fsp3) is 0.464. The number of rotatable bonds is 9. The molecule has 0 spiro atoms. The first-order valence-corrected chi connectivity index (χ1v) is 15.5. The molecule has 3 aromatic rings. The Morgan fingerprint density at radius 1 is 1.30 bits per heavy atom. The third kappa shape index (κ3) is 6.39. The van der Waals surface area contributed by atoms with Gasteiger partial charge >= 0.3 is 13.7 Å². The second-order valence-electron chi connectivity index (χ2n) is 11.9. The largest absolute Gasteiger partial charge is 0.459 e. The van der Waals surface area contributed by atoms with Crippen molar-refractivity contribution in [1.29, 1.82) is 0 Å². The molecule has 2 aromatic carbocycles. The summed E-state index contributed by atoms with van der Waals surface area (Å²) in [6.07, 6.45) is -3.97. The molecule has 0 bridgehead atoms. The number of nitrogens with zero attached hydrogens (tertiary/aromatic N) is 2. The van der Waals surface area contributed by atoms with E-state index in [2.05, 4.69) is 20.4 Å². The molecule has 1 fully saturated rings. The van der Waals surface area contributed by atoms with Crippen molar-refractivity contribution in [2.45, 2.75) is 70.3 Å². The van der Waals surface area contributed by atoms with E-state index in [-0.39, 0.29) is 29.9 Å². The summed E-state index contributed by atoms with van der Waals surface area (Å²) < 4.78 is 37.4. The molecular formula is C28H37N6O9P. The maximum atomic E-state index is 14.3. The van der Waals surface area contributed by atoms with E-state index < -0.39 is 61.6 Å². The van der Waals surface area contributed by atoms with Gasteiger partial charge in [-0.05, 0) is 46.1 Å². The van der Waals surface area contributed by atoms with Crippen LogP contribution >= 0.6 is 7.75 Å². The van der Waals surface area contributed by atoms with Crippen LogP contribution in [-0.2, 0) is 23.4 Å². The first kappa shape index (κ1) is 31.7. The number of benzene rings is 2. The van der Waals surface area contributed by atoms with Crippen molar-refractivity contribution in [2.75, 3.05) is 29.2 Å². The number of aliphatic hydroxyl groups is 2. The Morgan fingerprint density at radius 2 is 2.00 bits per heavy atom. The second kappa shape index (κ2) is 11.7. The number of ether oxygens (including phenoxy) is 2. The molecule has 3 heterocycles. The number of aliphatic hydroxyl groups excluding tert-OH is 1. The van der Waals surface area contributed by atoms with E-state index in [9.17, 15) is 24.4 Å². The van der Waals surface area contributed by atoms with E-state index in [1.165, 1.54) is 18.7 Å². The van der Waals surface area contributed by atoms with Crippen molar-refractivity contribution in [1.82, 2.24) is 15.1 Å². The van der Waals surface area contributed by atoms with Gasteiger partial charge in [-0.1, -0.05) is 36.4 Å². The molecule has 238 valence electrons. The predicted molar refractivity (Wildman–Crippen MR) is 162 cm³/mol. The van der Waals surface area contributed by atoms with Crippen LogP contribution in [0.5, 0.6) is 5.75 Å². The minimum atomic E-state index is -4.38. The maximum Gasteiger partial charge on any atom is 0.459 e. The number of fused-ring (bicyclic) bond motifs is 2. The highest BCUT2D eigenvalue weighted by atomic mass is 31.2. The van der Waals surface area contributed by atoms with Crippen LogP contribution in [0.3, 0.4) is 0 Å². The molecule has 7 N–H and O–H groups in total. The normalized spacial score (nSPS) is 25.2. The summed E-state index contributed by atoms with van der Waals surface area (Å²) >= 11 is 0. The zero-order valence-electron chi connectivity index (χ0n) is 24.9. The van der Waals surface area contributed by atoms with E-state index in [0.29, 0.717) is 5.39 Å². The maximum absolute atomic E-state index is 14.3. The molecule has 2 aliphatic rings. The molecule has 2 aliphatic heterocycles. The first-order chi connectivity index (χ1) is 20.6. The molecule has 0 amide bonds. The van der Waals surface area contributed by atoms with Crippen LogP contribution in [0.1, 0.15) is 34.6 Å². The number of carbonyl (C=O) groups excluding carboxylic acids is 1. The van der Waals surface area contributed by atoms with Crippen molar-refractivity contribution < 1.29 is 38.1 Å². The molecule has 15 nitrogen and oxygen atoms in total. The van der Waals surface area contributed by atoms with Gasteiger partial charge in [0.25, 0.3) is 5.56 Å². The lowest BCUT2D eigenvalue weighted by atomic mass is 9.96. The van der Waals surface area contributed by atoms with Gasteiger partial charge in [0, 0.05) is 5.39 Å². The molecule has 16 heteroatoms. The lowest BCUT2D eigenvalue weighted by Gasteiger charge is -2.33. The predicted octanol–water partition coefficient (Wildman–Crippen LogP) is 2.06. The van der Waals surface area contributed by atoms with Crippen molar-refractivity contribution in [2.24, 2.45) is 0 Å². The number of anilines is 3. The van der Waals surface area contributed by atoms with Crippen molar-refractivity contribution in [3.8, 4) is 5.75 Å². The summed E-state index contributed by atoms with van der Waals surface area (Å²) in [5.41, 5.74) is 2.64. The molecule has 6 atom stereocenters. The molecule has 3 unspecified atom stereocenters. The van der Waals surface area contributed by atoms with E-state index >= 15 is 0 Å². The van der Waals surface area contributed by atoms with E-state index in [4.69, 9.17) is 24.3 Å². The number of aromatic amines is 1. The van der Waals surface area contributed by atoms with E-state index in [1.54, 1.807) is 45.0 Å². The Morgan fingerprint density at radius 3 is 2.73 bits per heavy atom. The van der Waals surface area contributed by atoms with Gasteiger partial charge in [-0.3, -0.25) is 19.1 Å². The number of nitrogen functional groups attached to an aromatic ring is 1. The van der Waals surface area contributed by atoms with Gasteiger partial charge < -0.3 is 40.2 Å². The summed E-state index contributed by atoms with van der Waals surface area (Å²) in [5.74, 6) is -0.480. The van der Waals surface area contributed by atoms with E-state index in [0.717, 1.165) is 5.39 Å². The number of esters is 1. The molecule has 5 rings (SSSR count). The Bertz CT molecular complexity index is 1650. The molecule has 0 saturated carbocycles. The third-order valence-corrected chi connectivity index (χ3v) is 8.77. The number of nitrogens with two attached hydrogens (primary N) is 1. The number of hydrogen-bond donors (Lipinski definition) is 6. The zero-order valence-corrected chi connectivity index (χ0v) is 25.8. The Kier molecular flexibility index (Phi) is 8.39. The second-order valence-corrected chi connectivity index (χ2v) is 13.6. The van der Waals surface area contributed by atoms with E-state index in [1.807, 2.05) is 18.2 Å². The SMILES string of the molecule is C[C@H](NP(=O)(OC[C@H]1O[C@@H](N2CNc3c2nc(N)[nH]c3=O)C(C)(O)C1O)Oc1cccc2ccccc12)C(=O)OC(C)(C)C. The van der Waals surface area contributed by atoms with Gasteiger partial charge in [0.2, 0.25) is 5.95 Å². The summed E-state index contributed by atoms with van der Waals surface area (Å²) in [6, 6.07) is 11.4. The average molecular weight is 633 g/mol. The minimum Gasteiger partial charge on any atom is -0.459 e. The number of H-pyrrole nitrogens is 1. The highest BCUT2D eigenvalue weighted by Gasteiger charge is 2.56. The van der Waals surface area contributed by atoms with Crippen LogP contribution in [-0.4, -0.2) is 75.1 Å². The molecular weight excluding hydrogens is 595 g/mol. The Hall–Kier alpha value is -3.72. The van der Waals surface area contributed by atoms with Crippen LogP contribution < -0.4 is 31.1 Å². The van der Waals surface area contributed by atoms with Crippen LogP contribution in [0.15, 0.2) is 47.3 Å². The lowest BCUT2D eigenvalue weighted by Crippen LogP contribution is -2.53. The Balaban J connectivity index is 1.39. The number of aromatic nitrogens is 2. The van der Waals surface area contributed by atoms with Gasteiger partial charge in [0.15, 0.2) is 12.0 Å². The molecule has 44 heavy (non-hydrogen) atoms. The molecule has 1 aromatic heterocycles. The van der Waals surface area contributed by atoms with Gasteiger partial charge in [-0.15, -0.1) is 0 Å². The van der Waals surface area contributed by atoms with Crippen LogP contribution in [0.4, 0.5) is 17.5 Å². The summed E-state index contributed by atoms with van der Waals surface area (Å²) in [5, 5.41) is 29.4. The van der Waals surface area contributed by atoms with Crippen molar-refractivity contribution in [3.63, 3.8) is 0 Å². The van der Waals surface area contributed by atoms with Gasteiger partial charge in [0.1, 0.15) is 40.9 Å². The molecule has 0 radical (unpaired) electrons. The topological polar surface area (TPSA) is 211 Å². The van der Waals surface area contributed by atoms with Crippen molar-refractivity contribution >= 4 is 41.9 Å². The first-order valence-electron chi connectivity index (χ1n) is 14.0. The van der Waals surface area contributed by atoms with Gasteiger partial charge in [-0.2, -0.15) is 10.1 Å². The number of nitrogens with one attached hydrogen (secondary N) is 3. The van der Waals surface area contributed by atoms with Crippen LogP contribution in [0, 0.1) is 0 Å². The number of hydrogen-bond acceptors (Lipinski definition) is 13. The smallest absolute Gasteiger partial charge is 0.459 e. The highest BCUT2D eigenvalue weighted by molar-refractivity contribution is 7.52. The van der Waals surface area contributed by atoms with Crippen LogP contribution in [0.2, 0.25) is 0 Å². The summed E-state index contributed by atoms with van der Waals surface area (Å²) in [4.78, 5) is 33.1. The highest BCUT2D eigenvalue weighted by Crippen LogP contribution is 2.48. The number of carbonyl (C=O) groups is 1. The third-order valence-electron chi connectivity index (χ3n) is 7.14. The fourth-order valence-electron chi connectivity index (χ4n) is 5.04. The van der Waals surface area contributed by atoms with Crippen LogP contribution in [0.25, 0.3) is 10.8 Å². The molecule has 0 aliphatic carbocycles. The van der Waals surface area contributed by atoms with Crippen molar-refractivity contribution in [3.05, 3.63) is 52.8 Å². The quantitative estimate of drug-likeness (QED) is 0.147. The minimum absolute atomic E-state index is 0.0215. The Labute approximate surface area is 253 Å². The fourth-order valence-corrected chi connectivity index (χ4v) is 6.57. The monoisotopic (exact) mass is 632 g/mol. The average Bonchev–Trinajstić information content (AvgIpc) is 3.44. The standard InChI is InChI=1S/C28H37N6O9P/c1-15(24(37)42-27(2,3)4)33-44(39,43-18-12-8-10-16-9-6-7-11-17(16)18)40-13-19-21(35)28(5,38)25(41-19)34-14-30-20-22(34)31-26(29)32-23(20)36/h6-12,15,19,21,25,30,35,38H,13-14H2,1-5H3,(H,33,39)(H3,29,31,32,36)/t15-,19+,21?,25+,28?,44?/m0/s1. The van der Waals surface area contributed by atoms with Gasteiger partial charge in [-0.25, -0.2) is 4.57 Å². The van der Waals surface area contributed by atoms with Gasteiger partial charge in [0.05, 0.1) is 13.3 Å². The molecule has 1 saturated heterocycles. The summed E-state index contributed by atoms with van der Waals surface area (Å²) in [7, 11) is -4.38.